The van der Waals surface area contributed by atoms with Gasteiger partial charge in [-0.2, -0.15) is 0 Å². The van der Waals surface area contributed by atoms with Gasteiger partial charge in [-0.3, -0.25) is 4.79 Å². The molecule has 0 saturated carbocycles. The van der Waals surface area contributed by atoms with E-state index in [0.717, 1.165) is 25.9 Å². The highest BCUT2D eigenvalue weighted by atomic mass is 16.2. The number of benzene rings is 1. The van der Waals surface area contributed by atoms with Crippen LogP contribution in [0.5, 0.6) is 0 Å². The fraction of sp³-hybridized carbons (Fsp3) is 0.588. The first-order valence-electron chi connectivity index (χ1n) is 7.64. The van der Waals surface area contributed by atoms with Crippen LogP contribution >= 0.6 is 0 Å². The van der Waals surface area contributed by atoms with E-state index in [9.17, 15) is 4.79 Å². The standard InChI is InChI=1S/C17H28N2O/c1-5-6-11-18-17(20)14(4)19-12-15-7-9-16(10-8-15)13(2)3/h7-10,13-14,19H,5-6,11-12H2,1-4H3,(H,18,20). The van der Waals surface area contributed by atoms with Crippen molar-refractivity contribution >= 4 is 5.91 Å². The molecule has 3 heteroatoms. The Kier molecular flexibility index (Phi) is 7.31. The molecule has 0 spiro atoms. The summed E-state index contributed by atoms with van der Waals surface area (Å²) < 4.78 is 0. The van der Waals surface area contributed by atoms with Crippen molar-refractivity contribution in [2.75, 3.05) is 6.54 Å². The lowest BCUT2D eigenvalue weighted by Gasteiger charge is -2.14. The molecular formula is C17H28N2O. The number of carbonyl (C=O) groups is 1. The highest BCUT2D eigenvalue weighted by Gasteiger charge is 2.11. The third-order valence-corrected chi connectivity index (χ3v) is 3.48. The van der Waals surface area contributed by atoms with Crippen molar-refractivity contribution in [3.05, 3.63) is 35.4 Å². The molecule has 1 aromatic carbocycles. The summed E-state index contributed by atoms with van der Waals surface area (Å²) >= 11 is 0. The van der Waals surface area contributed by atoms with Crippen molar-refractivity contribution in [2.24, 2.45) is 0 Å². The number of carbonyl (C=O) groups excluding carboxylic acids is 1. The van der Waals surface area contributed by atoms with Gasteiger partial charge >= 0.3 is 0 Å². The van der Waals surface area contributed by atoms with Gasteiger partial charge in [0.15, 0.2) is 0 Å². The zero-order chi connectivity index (χ0) is 15.0. The van der Waals surface area contributed by atoms with E-state index < -0.39 is 0 Å². The Hall–Kier alpha value is -1.35. The van der Waals surface area contributed by atoms with Gasteiger partial charge in [0, 0.05) is 13.1 Å². The van der Waals surface area contributed by atoms with Gasteiger partial charge < -0.3 is 10.6 Å². The summed E-state index contributed by atoms with van der Waals surface area (Å²) in [6.45, 7) is 9.90. The molecule has 0 bridgehead atoms. The predicted octanol–water partition coefficient (Wildman–Crippen LogP) is 3.20. The van der Waals surface area contributed by atoms with Gasteiger partial charge in [0.2, 0.25) is 5.91 Å². The van der Waals surface area contributed by atoms with E-state index in [4.69, 9.17) is 0 Å². The van der Waals surface area contributed by atoms with Gasteiger partial charge in [-0.25, -0.2) is 0 Å². The topological polar surface area (TPSA) is 41.1 Å². The molecule has 2 N–H and O–H groups in total. The maximum Gasteiger partial charge on any atom is 0.236 e. The Bertz CT molecular complexity index is 398. The average molecular weight is 276 g/mol. The minimum atomic E-state index is -0.156. The van der Waals surface area contributed by atoms with Crippen molar-refractivity contribution in [3.63, 3.8) is 0 Å². The van der Waals surface area contributed by atoms with Crippen molar-refractivity contribution in [2.45, 2.75) is 59.0 Å². The van der Waals surface area contributed by atoms with Crippen LogP contribution in [0.1, 0.15) is 57.6 Å². The quantitative estimate of drug-likeness (QED) is 0.716. The van der Waals surface area contributed by atoms with E-state index in [1.165, 1.54) is 11.1 Å². The third kappa shape index (κ3) is 5.74. The van der Waals surface area contributed by atoms with E-state index >= 15 is 0 Å². The van der Waals surface area contributed by atoms with Crippen molar-refractivity contribution in [1.29, 1.82) is 0 Å². The van der Waals surface area contributed by atoms with Crippen LogP contribution in [0.4, 0.5) is 0 Å². The molecule has 1 atom stereocenters. The second-order valence-electron chi connectivity index (χ2n) is 5.64. The first-order chi connectivity index (χ1) is 9.54. The minimum absolute atomic E-state index is 0.0808. The lowest BCUT2D eigenvalue weighted by molar-refractivity contribution is -0.122. The molecule has 0 radical (unpaired) electrons. The fourth-order valence-electron chi connectivity index (χ4n) is 1.93. The number of hydrogen-bond acceptors (Lipinski definition) is 2. The zero-order valence-electron chi connectivity index (χ0n) is 13.2. The Balaban J connectivity index is 2.36. The van der Waals surface area contributed by atoms with Gasteiger partial charge in [0.1, 0.15) is 0 Å². The molecule has 0 fully saturated rings. The highest BCUT2D eigenvalue weighted by molar-refractivity contribution is 5.81. The number of nitrogens with one attached hydrogen (secondary N) is 2. The molecule has 0 heterocycles. The molecule has 0 aliphatic heterocycles. The van der Waals surface area contributed by atoms with Crippen molar-refractivity contribution < 1.29 is 4.79 Å². The van der Waals surface area contributed by atoms with Crippen molar-refractivity contribution in [1.82, 2.24) is 10.6 Å². The lowest BCUT2D eigenvalue weighted by atomic mass is 10.0. The fourth-order valence-corrected chi connectivity index (χ4v) is 1.93. The highest BCUT2D eigenvalue weighted by Crippen LogP contribution is 2.14. The van der Waals surface area contributed by atoms with Crippen LogP contribution in [0.3, 0.4) is 0 Å². The molecule has 3 nitrogen and oxygen atoms in total. The normalized spacial score (nSPS) is 12.4. The first-order valence-corrected chi connectivity index (χ1v) is 7.64. The van der Waals surface area contributed by atoms with Gasteiger partial charge in [0.25, 0.3) is 0 Å². The summed E-state index contributed by atoms with van der Waals surface area (Å²) in [5, 5.41) is 6.20. The molecule has 0 aliphatic carbocycles. The largest absolute Gasteiger partial charge is 0.355 e. The van der Waals surface area contributed by atoms with Crippen LogP contribution in [0.15, 0.2) is 24.3 Å². The monoisotopic (exact) mass is 276 g/mol. The van der Waals surface area contributed by atoms with E-state index in [2.05, 4.69) is 55.7 Å². The summed E-state index contributed by atoms with van der Waals surface area (Å²) in [6.07, 6.45) is 2.14. The molecule has 20 heavy (non-hydrogen) atoms. The van der Waals surface area contributed by atoms with Gasteiger partial charge in [-0.15, -0.1) is 0 Å². The number of rotatable bonds is 8. The van der Waals surface area contributed by atoms with E-state index in [1.807, 2.05) is 6.92 Å². The second kappa shape index (κ2) is 8.75. The summed E-state index contributed by atoms with van der Waals surface area (Å²) in [7, 11) is 0. The van der Waals surface area contributed by atoms with Gasteiger partial charge in [0.05, 0.1) is 6.04 Å². The summed E-state index contributed by atoms with van der Waals surface area (Å²) in [5.74, 6) is 0.637. The molecule has 1 aromatic rings. The SMILES string of the molecule is CCCCNC(=O)C(C)NCc1ccc(C(C)C)cc1. The van der Waals surface area contributed by atoms with Crippen LogP contribution in [0.2, 0.25) is 0 Å². The maximum absolute atomic E-state index is 11.8. The third-order valence-electron chi connectivity index (χ3n) is 3.48. The maximum atomic E-state index is 11.8. The number of amides is 1. The van der Waals surface area contributed by atoms with Gasteiger partial charge in [-0.1, -0.05) is 51.5 Å². The van der Waals surface area contributed by atoms with Crippen LogP contribution < -0.4 is 10.6 Å². The van der Waals surface area contributed by atoms with Gasteiger partial charge in [-0.05, 0) is 30.4 Å². The predicted molar refractivity (Wildman–Crippen MR) is 84.8 cm³/mol. The van der Waals surface area contributed by atoms with E-state index in [0.29, 0.717) is 5.92 Å². The number of hydrogen-bond donors (Lipinski definition) is 2. The Morgan fingerprint density at radius 3 is 2.35 bits per heavy atom. The molecule has 1 amide bonds. The van der Waals surface area contributed by atoms with Crippen LogP contribution in [-0.2, 0) is 11.3 Å². The second-order valence-corrected chi connectivity index (χ2v) is 5.64. The molecular weight excluding hydrogens is 248 g/mol. The molecule has 0 saturated heterocycles. The molecule has 0 aromatic heterocycles. The zero-order valence-corrected chi connectivity index (χ0v) is 13.2. The Morgan fingerprint density at radius 1 is 1.15 bits per heavy atom. The van der Waals surface area contributed by atoms with E-state index in [-0.39, 0.29) is 11.9 Å². The summed E-state index contributed by atoms with van der Waals surface area (Å²) in [5.41, 5.74) is 2.56. The number of unbranched alkanes of at least 4 members (excludes halogenated alkanes) is 1. The first kappa shape index (κ1) is 16.7. The molecule has 112 valence electrons. The molecule has 0 aliphatic rings. The smallest absolute Gasteiger partial charge is 0.236 e. The van der Waals surface area contributed by atoms with Crippen LogP contribution in [0, 0.1) is 0 Å². The summed E-state index contributed by atoms with van der Waals surface area (Å²) in [6, 6.07) is 8.42. The molecule has 1 unspecified atom stereocenters. The van der Waals surface area contributed by atoms with Crippen LogP contribution in [0.25, 0.3) is 0 Å². The van der Waals surface area contributed by atoms with E-state index in [1.54, 1.807) is 0 Å². The Labute approximate surface area is 123 Å². The van der Waals surface area contributed by atoms with Crippen LogP contribution in [-0.4, -0.2) is 18.5 Å². The lowest BCUT2D eigenvalue weighted by Crippen LogP contribution is -2.42. The molecule has 1 rings (SSSR count). The minimum Gasteiger partial charge on any atom is -0.355 e. The average Bonchev–Trinajstić information content (AvgIpc) is 2.45. The summed E-state index contributed by atoms with van der Waals surface area (Å²) in [4.78, 5) is 11.8. The Morgan fingerprint density at radius 2 is 1.80 bits per heavy atom. The van der Waals surface area contributed by atoms with Crippen molar-refractivity contribution in [3.8, 4) is 0 Å².